The summed E-state index contributed by atoms with van der Waals surface area (Å²) in [5, 5.41) is 3.80. The van der Waals surface area contributed by atoms with Gasteiger partial charge in [-0.25, -0.2) is 18.1 Å². The molecule has 0 unspecified atom stereocenters. The van der Waals surface area contributed by atoms with Gasteiger partial charge in [-0.15, -0.1) is 5.10 Å². The van der Waals surface area contributed by atoms with E-state index in [2.05, 4.69) is 10.1 Å². The van der Waals surface area contributed by atoms with E-state index < -0.39 is 15.9 Å². The van der Waals surface area contributed by atoms with Crippen molar-refractivity contribution in [2.24, 2.45) is 7.05 Å². The van der Waals surface area contributed by atoms with Crippen molar-refractivity contribution in [3.05, 3.63) is 40.5 Å². The van der Waals surface area contributed by atoms with Crippen molar-refractivity contribution in [3.63, 3.8) is 0 Å². The second-order valence-corrected chi connectivity index (χ2v) is 6.89. The van der Waals surface area contributed by atoms with Gasteiger partial charge in [-0.1, -0.05) is 6.07 Å². The van der Waals surface area contributed by atoms with Crippen molar-refractivity contribution in [3.8, 4) is 0 Å². The average molecular weight is 322 g/mol. The third-order valence-electron chi connectivity index (χ3n) is 3.60. The summed E-state index contributed by atoms with van der Waals surface area (Å²) in [5.41, 5.74) is 2.95. The zero-order chi connectivity index (χ0) is 16.7. The molecule has 1 N–H and O–H groups in total. The number of nitrogens with zero attached hydrogens (tertiary/aromatic N) is 3. The number of hydrogen-bond acceptors (Lipinski definition) is 5. The molecule has 0 bridgehead atoms. The lowest BCUT2D eigenvalue weighted by Crippen LogP contribution is -2.32. The Kier molecular flexibility index (Phi) is 4.06. The number of rotatable bonds is 3. The van der Waals surface area contributed by atoms with Crippen molar-refractivity contribution in [1.82, 2.24) is 19.5 Å². The summed E-state index contributed by atoms with van der Waals surface area (Å²) in [6.07, 6.45) is 1.33. The molecular weight excluding hydrogens is 304 g/mol. The first-order chi connectivity index (χ1) is 10.1. The smallest absolute Gasteiger partial charge is 0.264 e. The Morgan fingerprint density at radius 2 is 1.68 bits per heavy atom. The molecule has 7 nitrogen and oxygen atoms in total. The molecule has 0 saturated heterocycles. The predicted molar refractivity (Wildman–Crippen MR) is 81.0 cm³/mol. The fourth-order valence-electron chi connectivity index (χ4n) is 2.25. The van der Waals surface area contributed by atoms with Gasteiger partial charge in [0.15, 0.2) is 0 Å². The molecule has 0 fully saturated rings. The second-order valence-electron chi connectivity index (χ2n) is 5.27. The topological polar surface area (TPSA) is 94.0 Å². The number of aryl methyl sites for hydroxylation is 3. The van der Waals surface area contributed by atoms with Crippen LogP contribution in [0.5, 0.6) is 0 Å². The van der Waals surface area contributed by atoms with Crippen LogP contribution in [0.15, 0.2) is 17.3 Å². The molecule has 2 rings (SSSR count). The molecule has 0 radical (unpaired) electrons. The number of amides is 1. The lowest BCUT2D eigenvalue weighted by atomic mass is 10.0. The van der Waals surface area contributed by atoms with Crippen LogP contribution in [0.1, 0.15) is 32.9 Å². The first-order valence-corrected chi connectivity index (χ1v) is 8.12. The monoisotopic (exact) mass is 322 g/mol. The Bertz CT molecular complexity index is 827. The molecule has 0 aliphatic carbocycles. The van der Waals surface area contributed by atoms with Crippen LogP contribution >= 0.6 is 0 Å². The Balaban J connectivity index is 2.46. The van der Waals surface area contributed by atoms with E-state index >= 15 is 0 Å². The minimum absolute atomic E-state index is 0.134. The van der Waals surface area contributed by atoms with Gasteiger partial charge in [-0.05, 0) is 49.9 Å². The minimum atomic E-state index is -3.99. The molecule has 0 atom stereocenters. The second kappa shape index (κ2) is 5.53. The zero-order valence-corrected chi connectivity index (χ0v) is 13.9. The van der Waals surface area contributed by atoms with Gasteiger partial charge in [-0.3, -0.25) is 9.48 Å². The van der Waals surface area contributed by atoms with E-state index in [4.69, 9.17) is 0 Å². The molecule has 0 spiro atoms. The molecule has 0 saturated carbocycles. The van der Waals surface area contributed by atoms with Gasteiger partial charge in [0, 0.05) is 7.05 Å². The Hall–Kier alpha value is -2.22. The van der Waals surface area contributed by atoms with Crippen molar-refractivity contribution in [2.75, 3.05) is 0 Å². The average Bonchev–Trinajstić information content (AvgIpc) is 2.83. The van der Waals surface area contributed by atoms with Gasteiger partial charge in [0.25, 0.3) is 10.0 Å². The van der Waals surface area contributed by atoms with E-state index in [-0.39, 0.29) is 10.7 Å². The Morgan fingerprint density at radius 3 is 2.14 bits per heavy atom. The highest BCUT2D eigenvalue weighted by atomic mass is 32.2. The summed E-state index contributed by atoms with van der Waals surface area (Å²) in [7, 11) is -2.40. The van der Waals surface area contributed by atoms with Gasteiger partial charge >= 0.3 is 5.91 Å². The third kappa shape index (κ3) is 2.87. The van der Waals surface area contributed by atoms with Crippen LogP contribution in [0.4, 0.5) is 0 Å². The maximum atomic E-state index is 12.6. The third-order valence-corrected chi connectivity index (χ3v) is 5.20. The number of benzene rings is 1. The van der Waals surface area contributed by atoms with E-state index in [0.717, 1.165) is 11.1 Å². The lowest BCUT2D eigenvalue weighted by molar-refractivity contribution is 0.0971. The van der Waals surface area contributed by atoms with E-state index in [1.807, 2.05) is 24.6 Å². The number of carbonyl (C=O) groups excluding carboxylic acids is 1. The standard InChI is InChI=1S/C14H18N4O3S/c1-8-6-9(2)11(4)12(10(8)3)22(20,21)17-14(19)13-15-7-18(5)16-13/h6-7H,1-5H3,(H,17,19). The van der Waals surface area contributed by atoms with Crippen LogP contribution in [0.2, 0.25) is 0 Å². The van der Waals surface area contributed by atoms with Crippen molar-refractivity contribution < 1.29 is 13.2 Å². The number of nitrogens with one attached hydrogen (secondary N) is 1. The SMILES string of the molecule is Cc1cc(C)c(C)c(S(=O)(=O)NC(=O)c2ncn(C)n2)c1C. The van der Waals surface area contributed by atoms with Gasteiger partial charge in [0.05, 0.1) is 4.90 Å². The quantitative estimate of drug-likeness (QED) is 0.915. The lowest BCUT2D eigenvalue weighted by Gasteiger charge is -2.15. The summed E-state index contributed by atoms with van der Waals surface area (Å²) < 4.78 is 28.5. The molecule has 0 aliphatic heterocycles. The summed E-state index contributed by atoms with van der Waals surface area (Å²) >= 11 is 0. The van der Waals surface area contributed by atoms with E-state index in [9.17, 15) is 13.2 Å². The highest BCUT2D eigenvalue weighted by Gasteiger charge is 2.26. The Morgan fingerprint density at radius 1 is 1.14 bits per heavy atom. The maximum absolute atomic E-state index is 12.6. The number of hydrogen-bond donors (Lipinski definition) is 1. The molecule has 1 heterocycles. The van der Waals surface area contributed by atoms with Crippen LogP contribution in [-0.2, 0) is 17.1 Å². The largest absolute Gasteiger partial charge is 0.304 e. The first kappa shape index (κ1) is 16.2. The predicted octanol–water partition coefficient (Wildman–Crippen LogP) is 1.17. The molecule has 0 aliphatic rings. The minimum Gasteiger partial charge on any atom is -0.264 e. The van der Waals surface area contributed by atoms with Gasteiger partial charge < -0.3 is 0 Å². The van der Waals surface area contributed by atoms with Crippen molar-refractivity contribution in [1.29, 1.82) is 0 Å². The fraction of sp³-hybridized carbons (Fsp3) is 0.357. The van der Waals surface area contributed by atoms with Crippen LogP contribution in [0.25, 0.3) is 0 Å². The van der Waals surface area contributed by atoms with Crippen LogP contribution < -0.4 is 4.72 Å². The molecule has 22 heavy (non-hydrogen) atoms. The van der Waals surface area contributed by atoms with Crippen LogP contribution in [0, 0.1) is 27.7 Å². The molecule has 8 heteroatoms. The molecule has 2 aromatic rings. The van der Waals surface area contributed by atoms with Crippen molar-refractivity contribution >= 4 is 15.9 Å². The number of sulfonamides is 1. The van der Waals surface area contributed by atoms with E-state index in [1.165, 1.54) is 11.0 Å². The molecule has 1 amide bonds. The normalized spacial score (nSPS) is 11.5. The van der Waals surface area contributed by atoms with Crippen LogP contribution in [0.3, 0.4) is 0 Å². The highest BCUT2D eigenvalue weighted by molar-refractivity contribution is 7.90. The van der Waals surface area contributed by atoms with Crippen molar-refractivity contribution in [2.45, 2.75) is 32.6 Å². The number of aromatic nitrogens is 3. The molecule has 118 valence electrons. The summed E-state index contributed by atoms with van der Waals surface area (Å²) in [4.78, 5) is 15.9. The van der Waals surface area contributed by atoms with Gasteiger partial charge in [0.1, 0.15) is 6.33 Å². The molecular formula is C14H18N4O3S. The summed E-state index contributed by atoms with van der Waals surface area (Å²) in [6.45, 7) is 7.12. The van der Waals surface area contributed by atoms with E-state index in [1.54, 1.807) is 20.9 Å². The Labute approximate surface area is 129 Å². The van der Waals surface area contributed by atoms with Crippen LogP contribution in [-0.4, -0.2) is 29.1 Å². The molecule has 1 aromatic heterocycles. The number of carbonyl (C=O) groups is 1. The highest BCUT2D eigenvalue weighted by Crippen LogP contribution is 2.25. The van der Waals surface area contributed by atoms with Gasteiger partial charge in [-0.2, -0.15) is 0 Å². The van der Waals surface area contributed by atoms with E-state index in [0.29, 0.717) is 11.1 Å². The zero-order valence-electron chi connectivity index (χ0n) is 13.1. The summed E-state index contributed by atoms with van der Waals surface area (Å²) in [5.74, 6) is -1.04. The summed E-state index contributed by atoms with van der Waals surface area (Å²) in [6, 6.07) is 1.92. The molecule has 1 aromatic carbocycles. The fourth-order valence-corrected chi connectivity index (χ4v) is 3.81. The van der Waals surface area contributed by atoms with Gasteiger partial charge in [0.2, 0.25) is 5.82 Å². The maximum Gasteiger partial charge on any atom is 0.304 e. The first-order valence-electron chi connectivity index (χ1n) is 6.63.